The first-order valence-electron chi connectivity index (χ1n) is 22.6. The Morgan fingerprint density at radius 1 is 1.02 bits per heavy atom. The third-order valence-electron chi connectivity index (χ3n) is 9.66. The van der Waals surface area contributed by atoms with Gasteiger partial charge in [-0.15, -0.1) is 23.8 Å². The van der Waals surface area contributed by atoms with Crippen molar-refractivity contribution in [2.75, 3.05) is 26.0 Å². The summed E-state index contributed by atoms with van der Waals surface area (Å²) in [7, 11) is 5.22. The van der Waals surface area contributed by atoms with Gasteiger partial charge in [-0.05, 0) is 44.3 Å². The van der Waals surface area contributed by atoms with E-state index in [4.69, 9.17) is 50.3 Å². The Hall–Kier alpha value is -5.73. The van der Waals surface area contributed by atoms with E-state index < -0.39 is 84.2 Å². The zero-order valence-electron chi connectivity index (χ0n) is 45.2. The van der Waals surface area contributed by atoms with Crippen molar-refractivity contribution in [3.8, 4) is 0 Å². The SMILES string of the molecule is Cc1nc2cccc(N(C)C)c2c(=O)n1C1(C)C(=O)N(C)C(=O)C(C)(C)C1(C)C.O=C=O.[2H]C([2H])(C(N)=O)C([2H])([2H])C([2H])(NC(=O)OCc1ccccc1)C(=O)O.[2H]C([2H])C([2H])([2H])C([2H])(N)C(=O)O.[2H]I. The molecule has 4 rings (SSSR count). The maximum Gasteiger partial charge on any atom is 0.408 e. The molecule has 1 aromatic heterocycles. The Morgan fingerprint density at radius 3 is 2.05 bits per heavy atom. The normalized spacial score (nSPS) is 21.3. The molecule has 19 nitrogen and oxygen atoms in total. The van der Waals surface area contributed by atoms with E-state index in [0.717, 1.165) is 10.6 Å². The molecule has 60 heavy (non-hydrogen) atoms. The number of amides is 4. The lowest BCUT2D eigenvalue weighted by molar-refractivity contribution is -0.192. The number of anilines is 1. The summed E-state index contributed by atoms with van der Waals surface area (Å²) in [6.45, 7) is 8.49. The Kier molecular flexibility index (Phi) is 14.4. The number of nitrogens with two attached hydrogens (primary N) is 2. The van der Waals surface area contributed by atoms with Crippen LogP contribution in [0.5, 0.6) is 0 Å². The van der Waals surface area contributed by atoms with Crippen molar-refractivity contribution in [2.24, 2.45) is 22.3 Å². The highest BCUT2D eigenvalue weighted by Crippen LogP contribution is 2.55. The molecule has 0 radical (unpaired) electrons. The monoisotopic (exact) mass is 964 g/mol. The van der Waals surface area contributed by atoms with Gasteiger partial charge in [0.2, 0.25) is 11.8 Å². The van der Waals surface area contributed by atoms with Crippen molar-refractivity contribution in [3.63, 3.8) is 0 Å². The van der Waals surface area contributed by atoms with E-state index in [-0.39, 0.29) is 24.2 Å². The van der Waals surface area contributed by atoms with Gasteiger partial charge in [0.15, 0.2) is 0 Å². The van der Waals surface area contributed by atoms with Crippen LogP contribution in [0.4, 0.5) is 10.5 Å². The molecule has 2 aromatic carbocycles. The second-order valence-corrected chi connectivity index (χ2v) is 13.8. The van der Waals surface area contributed by atoms with Gasteiger partial charge in [-0.1, -0.05) is 71.0 Å². The number of halogens is 1. The summed E-state index contributed by atoms with van der Waals surface area (Å²) >= 11 is 1.40. The van der Waals surface area contributed by atoms with Crippen LogP contribution in [0.15, 0.2) is 53.3 Å². The maximum atomic E-state index is 13.9. The number of benzene rings is 2. The van der Waals surface area contributed by atoms with Crippen LogP contribution < -0.4 is 27.2 Å². The highest BCUT2D eigenvalue weighted by Gasteiger charge is 2.65. The van der Waals surface area contributed by atoms with E-state index in [2.05, 4.69) is 4.98 Å². The molecule has 0 bridgehead atoms. The topological polar surface area (TPSA) is 292 Å². The van der Waals surface area contributed by atoms with Crippen LogP contribution in [-0.2, 0) is 50.4 Å². The number of piperidine rings is 1. The van der Waals surface area contributed by atoms with Crippen LogP contribution in [0.3, 0.4) is 0 Å². The van der Waals surface area contributed by atoms with Crippen LogP contribution >= 0.6 is 23.8 Å². The van der Waals surface area contributed by atoms with Gasteiger partial charge in [0.1, 0.15) is 30.6 Å². The van der Waals surface area contributed by atoms with Crippen LogP contribution in [0.2, 0.25) is 0 Å². The van der Waals surface area contributed by atoms with Crippen molar-refractivity contribution >= 4 is 82.3 Å². The quantitative estimate of drug-likeness (QED) is 0.136. The molecule has 3 aromatic rings. The number of ether oxygens (including phenoxy) is 1. The first kappa shape index (κ1) is 37.3. The van der Waals surface area contributed by atoms with Gasteiger partial charge in [0.25, 0.3) is 11.5 Å². The lowest BCUT2D eigenvalue weighted by Crippen LogP contribution is -2.71. The highest BCUT2D eigenvalue weighted by molar-refractivity contribution is 14.0. The minimum Gasteiger partial charge on any atom is -0.480 e. The number of alkyl carbamates (subject to hydrolysis) is 1. The molecule has 2 heterocycles. The summed E-state index contributed by atoms with van der Waals surface area (Å²) < 4.78 is 83.5. The number of nitrogens with one attached hydrogen (secondary N) is 1. The predicted molar refractivity (Wildman–Crippen MR) is 230 cm³/mol. The number of likely N-dealkylation sites (tertiary alicyclic amines) is 1. The van der Waals surface area contributed by atoms with Gasteiger partial charge >= 0.3 is 24.2 Å². The molecule has 3 unspecified atom stereocenters. The number of carbonyl (C=O) groups excluding carboxylic acids is 6. The van der Waals surface area contributed by atoms with E-state index >= 15 is 0 Å². The summed E-state index contributed by atoms with van der Waals surface area (Å²) in [4.78, 5) is 109. The van der Waals surface area contributed by atoms with Gasteiger partial charge in [-0.2, -0.15) is 9.59 Å². The van der Waals surface area contributed by atoms with Crippen LogP contribution in [0, 0.1) is 17.8 Å². The highest BCUT2D eigenvalue weighted by atomic mass is 127. The van der Waals surface area contributed by atoms with E-state index in [1.165, 1.54) is 40.7 Å². The number of fused-ring (bicyclic) bond motifs is 1. The van der Waals surface area contributed by atoms with E-state index in [1.54, 1.807) is 50.2 Å². The molecule has 3 atom stereocenters. The molecule has 0 aliphatic carbocycles. The molecule has 7 N–H and O–H groups in total. The summed E-state index contributed by atoms with van der Waals surface area (Å²) in [6, 6.07) is 7.22. The maximum absolute atomic E-state index is 13.9. The largest absolute Gasteiger partial charge is 0.480 e. The smallest absolute Gasteiger partial charge is 0.408 e. The molecule has 1 fully saturated rings. The number of carboxylic acid groups (broad SMARTS) is 2. The Bertz CT molecular complexity index is 2550. The van der Waals surface area contributed by atoms with E-state index in [9.17, 15) is 33.6 Å². The minimum absolute atomic E-state index is 0.250. The van der Waals surface area contributed by atoms with Gasteiger partial charge in [0.05, 0.1) is 24.7 Å². The second kappa shape index (κ2) is 23.2. The number of rotatable bonds is 11. The first-order chi connectivity index (χ1) is 32.1. The molecular formula is C40H56IN7O12. The fourth-order valence-corrected chi connectivity index (χ4v) is 5.76. The number of primary amides is 1. The lowest BCUT2D eigenvalue weighted by Gasteiger charge is -2.57. The zero-order chi connectivity index (χ0) is 56.4. The van der Waals surface area contributed by atoms with Crippen molar-refractivity contribution in [1.82, 2.24) is 19.8 Å². The van der Waals surface area contributed by atoms with Gasteiger partial charge in [-0.3, -0.25) is 33.4 Å². The molecule has 1 aliphatic rings. The molecular weight excluding hydrogens is 897 g/mol. The number of nitrogens with zero attached hydrogens (tertiary/aromatic N) is 4. The minimum atomic E-state index is -3.70. The third-order valence-corrected chi connectivity index (χ3v) is 9.66. The molecule has 1 aliphatic heterocycles. The first-order valence-corrected chi connectivity index (χ1v) is 17.0. The second-order valence-electron chi connectivity index (χ2n) is 13.8. The van der Waals surface area contributed by atoms with Crippen molar-refractivity contribution in [3.05, 3.63) is 70.3 Å². The van der Waals surface area contributed by atoms with Crippen molar-refractivity contribution in [2.45, 2.75) is 91.7 Å². The fourth-order valence-electron chi connectivity index (χ4n) is 5.76. The number of hydrogen-bond acceptors (Lipinski definition) is 13. The number of carboxylic acids is 2. The van der Waals surface area contributed by atoms with Crippen molar-refractivity contribution < 1.29 is 67.0 Å². The lowest BCUT2D eigenvalue weighted by atomic mass is 9.54. The van der Waals surface area contributed by atoms with Crippen molar-refractivity contribution in [1.29, 1.82) is 0.594 Å². The molecule has 0 saturated carbocycles. The van der Waals surface area contributed by atoms with Gasteiger partial charge < -0.3 is 36.6 Å². The molecule has 4 amide bonds. The Labute approximate surface area is 379 Å². The molecule has 0 spiro atoms. The number of likely N-dealkylation sites (N-methyl/N-ethyl adjacent to an activating group) is 1. The van der Waals surface area contributed by atoms with E-state index in [1.807, 2.05) is 58.8 Å². The fraction of sp³-hybridized carbons (Fsp3) is 0.475. The summed E-state index contributed by atoms with van der Waals surface area (Å²) in [5.41, 5.74) is 8.11. The summed E-state index contributed by atoms with van der Waals surface area (Å²) in [6.07, 6.45) is -11.4. The third kappa shape index (κ3) is 12.6. The Morgan fingerprint density at radius 2 is 1.58 bits per heavy atom. The number of hydrogen-bond donors (Lipinski definition) is 5. The Balaban J connectivity index is 0.00000106. The average molecular weight is 965 g/mol. The van der Waals surface area contributed by atoms with Gasteiger partial charge in [0, 0.05) is 43.9 Å². The number of aliphatic carboxylic acids is 2. The van der Waals surface area contributed by atoms with Crippen LogP contribution in [-0.4, -0.2) is 100 Å². The standard InChI is InChI=1S/C22H30N4O3.C13H16N2O5.C4H9NO2.CO2.HI/c1-13-23-14-11-10-12-15(24(7)8)16(14)17(27)26(13)22(6)19(29)25(9)18(28)20(2,3)21(22,4)5;14-11(16)7-6-10(12(17)18)15-13(19)20-8-9-4-2-1-3-5-9;1-2-3(5)4(6)7;2-1-3;/h10-12H,1-9H3;1-5,10H,6-8H2,(H2,14,16)(H,15,19)(H,17,18);3H,2,5H2,1H3,(H,6,7);;1H/i;6D2,7D2,10D;1D2,2D2,3D;;/hD. The van der Waals surface area contributed by atoms with Gasteiger partial charge in [-0.25, -0.2) is 14.6 Å². The number of imide groups is 1. The summed E-state index contributed by atoms with van der Waals surface area (Å²) in [5, 5.41) is 19.3. The van der Waals surface area contributed by atoms with Crippen LogP contribution in [0.25, 0.3) is 10.9 Å². The average Bonchev–Trinajstić information content (AvgIpc) is 3.27. The molecule has 330 valence electrons. The molecule has 1 saturated heterocycles. The van der Waals surface area contributed by atoms with E-state index in [0.29, 0.717) is 22.3 Å². The predicted octanol–water partition coefficient (Wildman–Crippen LogP) is 3.01. The number of carbonyl (C=O) groups is 6. The zero-order valence-corrected chi connectivity index (χ0v) is 36.4. The summed E-state index contributed by atoms with van der Waals surface area (Å²) in [5.74, 6) is -6.16. The number of aromatic nitrogens is 2. The van der Waals surface area contributed by atoms with Crippen LogP contribution in [0.1, 0.15) is 85.7 Å². The number of aryl methyl sites for hydroxylation is 1. The molecule has 20 heteroatoms.